The van der Waals surface area contributed by atoms with Crippen LogP contribution < -0.4 is 19.5 Å². The molecule has 0 amide bonds. The molecule has 0 unspecified atom stereocenters. The van der Waals surface area contributed by atoms with Crippen LogP contribution in [-0.2, 0) is 10.0 Å². The van der Waals surface area contributed by atoms with Gasteiger partial charge in [0, 0.05) is 18.0 Å². The standard InChI is InChI=1S/C15H22N2O4S/c1-15(5-7-16-8-6-15)17-22(18,19)12-3-4-13-14(11-12)21-10-2-9-20-13/h3-4,11,16-17H,2,5-10H2,1H3. The zero-order valence-corrected chi connectivity index (χ0v) is 13.5. The number of ether oxygens (including phenoxy) is 2. The van der Waals surface area contributed by atoms with Crippen molar-refractivity contribution >= 4 is 10.0 Å². The molecule has 122 valence electrons. The minimum Gasteiger partial charge on any atom is -0.490 e. The van der Waals surface area contributed by atoms with Crippen LogP contribution in [0, 0.1) is 0 Å². The number of nitrogens with one attached hydrogen (secondary N) is 2. The normalized spacial score (nSPS) is 21.1. The molecule has 1 aromatic rings. The maximum atomic E-state index is 12.6. The molecule has 2 heterocycles. The Hall–Kier alpha value is -1.31. The van der Waals surface area contributed by atoms with E-state index in [2.05, 4.69) is 10.0 Å². The van der Waals surface area contributed by atoms with E-state index in [1.165, 1.54) is 0 Å². The number of hydrogen-bond donors (Lipinski definition) is 2. The van der Waals surface area contributed by atoms with Crippen LogP contribution in [0.25, 0.3) is 0 Å². The molecule has 2 aliphatic rings. The fourth-order valence-corrected chi connectivity index (χ4v) is 4.25. The fourth-order valence-electron chi connectivity index (χ4n) is 2.77. The molecule has 0 saturated carbocycles. The summed E-state index contributed by atoms with van der Waals surface area (Å²) in [7, 11) is -3.58. The maximum Gasteiger partial charge on any atom is 0.241 e. The number of benzene rings is 1. The van der Waals surface area contributed by atoms with Crippen molar-refractivity contribution in [3.63, 3.8) is 0 Å². The first kappa shape index (κ1) is 15.6. The zero-order valence-electron chi connectivity index (χ0n) is 12.7. The third-order valence-corrected chi connectivity index (χ3v) is 5.75. The Labute approximate surface area is 131 Å². The number of sulfonamides is 1. The van der Waals surface area contributed by atoms with E-state index in [1.807, 2.05) is 6.92 Å². The molecule has 0 radical (unpaired) electrons. The first-order valence-electron chi connectivity index (χ1n) is 7.63. The highest BCUT2D eigenvalue weighted by molar-refractivity contribution is 7.89. The van der Waals surface area contributed by atoms with Gasteiger partial charge in [-0.05, 0) is 45.0 Å². The molecule has 2 aliphatic heterocycles. The molecular formula is C15H22N2O4S. The van der Waals surface area contributed by atoms with Crippen molar-refractivity contribution in [1.29, 1.82) is 0 Å². The fraction of sp³-hybridized carbons (Fsp3) is 0.600. The summed E-state index contributed by atoms with van der Waals surface area (Å²) in [5.41, 5.74) is -0.408. The average Bonchev–Trinajstić information content (AvgIpc) is 2.71. The van der Waals surface area contributed by atoms with Crippen molar-refractivity contribution < 1.29 is 17.9 Å². The van der Waals surface area contributed by atoms with Gasteiger partial charge in [-0.1, -0.05) is 0 Å². The van der Waals surface area contributed by atoms with Gasteiger partial charge in [0.25, 0.3) is 0 Å². The molecular weight excluding hydrogens is 304 g/mol. The smallest absolute Gasteiger partial charge is 0.241 e. The lowest BCUT2D eigenvalue weighted by atomic mass is 9.92. The lowest BCUT2D eigenvalue weighted by Gasteiger charge is -2.34. The Morgan fingerprint density at radius 1 is 1.14 bits per heavy atom. The first-order valence-corrected chi connectivity index (χ1v) is 9.11. The molecule has 0 bridgehead atoms. The highest BCUT2D eigenvalue weighted by atomic mass is 32.2. The second-order valence-corrected chi connectivity index (χ2v) is 7.76. The minimum atomic E-state index is -3.58. The van der Waals surface area contributed by atoms with Crippen molar-refractivity contribution in [2.45, 2.75) is 36.6 Å². The van der Waals surface area contributed by atoms with Crippen LogP contribution in [-0.4, -0.2) is 40.3 Å². The SMILES string of the molecule is CC1(NS(=O)(=O)c2ccc3c(c2)OCCCO3)CCNCC1. The molecule has 22 heavy (non-hydrogen) atoms. The Balaban J connectivity index is 1.84. The summed E-state index contributed by atoms with van der Waals surface area (Å²) in [5.74, 6) is 1.10. The van der Waals surface area contributed by atoms with E-state index < -0.39 is 15.6 Å². The Kier molecular flexibility index (Phi) is 4.29. The summed E-state index contributed by atoms with van der Waals surface area (Å²) in [5, 5.41) is 3.24. The van der Waals surface area contributed by atoms with Gasteiger partial charge in [-0.3, -0.25) is 0 Å². The van der Waals surface area contributed by atoms with Crippen LogP contribution in [0.4, 0.5) is 0 Å². The lowest BCUT2D eigenvalue weighted by molar-refractivity contribution is 0.296. The molecule has 7 heteroatoms. The van der Waals surface area contributed by atoms with Crippen molar-refractivity contribution in [1.82, 2.24) is 10.0 Å². The van der Waals surface area contributed by atoms with Gasteiger partial charge in [-0.15, -0.1) is 0 Å². The highest BCUT2D eigenvalue weighted by Crippen LogP contribution is 2.32. The van der Waals surface area contributed by atoms with Gasteiger partial charge in [0.1, 0.15) is 0 Å². The van der Waals surface area contributed by atoms with Crippen LogP contribution in [0.2, 0.25) is 0 Å². The molecule has 0 atom stereocenters. The quantitative estimate of drug-likeness (QED) is 0.875. The van der Waals surface area contributed by atoms with E-state index >= 15 is 0 Å². The molecule has 1 saturated heterocycles. The lowest BCUT2D eigenvalue weighted by Crippen LogP contribution is -2.52. The predicted molar refractivity (Wildman–Crippen MR) is 82.9 cm³/mol. The van der Waals surface area contributed by atoms with E-state index in [0.717, 1.165) is 32.4 Å². The van der Waals surface area contributed by atoms with Crippen LogP contribution in [0.1, 0.15) is 26.2 Å². The third-order valence-electron chi connectivity index (χ3n) is 4.12. The molecule has 1 fully saturated rings. The summed E-state index contributed by atoms with van der Waals surface area (Å²) in [6, 6.07) is 4.79. The maximum absolute atomic E-state index is 12.6. The summed E-state index contributed by atoms with van der Waals surface area (Å²) in [6.07, 6.45) is 2.34. The zero-order chi connectivity index (χ0) is 15.6. The Morgan fingerprint density at radius 2 is 1.82 bits per heavy atom. The number of rotatable bonds is 3. The van der Waals surface area contributed by atoms with Gasteiger partial charge in [0.05, 0.1) is 18.1 Å². The second kappa shape index (κ2) is 6.06. The molecule has 0 spiro atoms. The third kappa shape index (κ3) is 3.37. The van der Waals surface area contributed by atoms with Gasteiger partial charge in [0.2, 0.25) is 10.0 Å². The van der Waals surface area contributed by atoms with Crippen LogP contribution in [0.3, 0.4) is 0 Å². The summed E-state index contributed by atoms with van der Waals surface area (Å²) < 4.78 is 39.3. The average molecular weight is 326 g/mol. The van der Waals surface area contributed by atoms with E-state index in [4.69, 9.17) is 9.47 Å². The molecule has 6 nitrogen and oxygen atoms in total. The Bertz CT molecular complexity index is 639. The molecule has 0 aliphatic carbocycles. The van der Waals surface area contributed by atoms with Gasteiger partial charge >= 0.3 is 0 Å². The van der Waals surface area contributed by atoms with Gasteiger partial charge < -0.3 is 14.8 Å². The first-order chi connectivity index (χ1) is 10.5. The van der Waals surface area contributed by atoms with Crippen LogP contribution >= 0.6 is 0 Å². The number of hydrogen-bond acceptors (Lipinski definition) is 5. The monoisotopic (exact) mass is 326 g/mol. The minimum absolute atomic E-state index is 0.219. The van der Waals surface area contributed by atoms with E-state index in [-0.39, 0.29) is 4.90 Å². The number of fused-ring (bicyclic) bond motifs is 1. The molecule has 3 rings (SSSR count). The number of piperidine rings is 1. The largest absolute Gasteiger partial charge is 0.490 e. The van der Waals surface area contributed by atoms with Gasteiger partial charge in [0.15, 0.2) is 11.5 Å². The summed E-state index contributed by atoms with van der Waals surface area (Å²) >= 11 is 0. The second-order valence-electron chi connectivity index (χ2n) is 6.08. The predicted octanol–water partition coefficient (Wildman–Crippen LogP) is 1.27. The van der Waals surface area contributed by atoms with Crippen LogP contribution in [0.15, 0.2) is 23.1 Å². The van der Waals surface area contributed by atoms with E-state index in [9.17, 15) is 8.42 Å². The molecule has 0 aromatic heterocycles. The van der Waals surface area contributed by atoms with E-state index in [1.54, 1.807) is 18.2 Å². The summed E-state index contributed by atoms with van der Waals surface area (Å²) in [4.78, 5) is 0.219. The molecule has 1 aromatic carbocycles. The van der Waals surface area contributed by atoms with Gasteiger partial charge in [-0.25, -0.2) is 13.1 Å². The van der Waals surface area contributed by atoms with Crippen LogP contribution in [0.5, 0.6) is 11.5 Å². The Morgan fingerprint density at radius 3 is 2.55 bits per heavy atom. The van der Waals surface area contributed by atoms with Gasteiger partial charge in [-0.2, -0.15) is 0 Å². The topological polar surface area (TPSA) is 76.7 Å². The molecule has 2 N–H and O–H groups in total. The highest BCUT2D eigenvalue weighted by Gasteiger charge is 2.32. The van der Waals surface area contributed by atoms with Crippen molar-refractivity contribution in [2.24, 2.45) is 0 Å². The van der Waals surface area contributed by atoms with E-state index in [0.29, 0.717) is 24.7 Å². The van der Waals surface area contributed by atoms with Crippen molar-refractivity contribution in [2.75, 3.05) is 26.3 Å². The summed E-state index contributed by atoms with van der Waals surface area (Å²) in [6.45, 7) is 4.71. The van der Waals surface area contributed by atoms with Crippen molar-refractivity contribution in [3.8, 4) is 11.5 Å². The van der Waals surface area contributed by atoms with Crippen molar-refractivity contribution in [3.05, 3.63) is 18.2 Å².